The average molecular weight is 323 g/mol. The maximum absolute atomic E-state index is 11.0. The van der Waals surface area contributed by atoms with Gasteiger partial charge in [-0.05, 0) is 19.9 Å². The lowest BCUT2D eigenvalue weighted by molar-refractivity contribution is 0.170. The fraction of sp³-hybridized carbons (Fsp3) is 1.00. The van der Waals surface area contributed by atoms with Gasteiger partial charge in [0.1, 0.15) is 0 Å². The molecule has 0 aromatic rings. The van der Waals surface area contributed by atoms with Crippen LogP contribution in [-0.2, 0) is 10.1 Å². The third kappa shape index (κ3) is 12.1. The van der Waals surface area contributed by atoms with E-state index in [1.807, 2.05) is 0 Å². The normalized spacial score (nSPS) is 15.0. The summed E-state index contributed by atoms with van der Waals surface area (Å²) in [6, 6.07) is 0. The van der Waals surface area contributed by atoms with Gasteiger partial charge in [-0.25, -0.2) is 0 Å². The average Bonchev–Trinajstić information content (AvgIpc) is 2.38. The predicted octanol–water partition coefficient (Wildman–Crippen LogP) is 3.09. The third-order valence-electron chi connectivity index (χ3n) is 3.63. The monoisotopic (exact) mass is 323 g/mol. The fourth-order valence-electron chi connectivity index (χ4n) is 2.38. The van der Waals surface area contributed by atoms with Crippen LogP contribution in [0.2, 0.25) is 0 Å². The minimum atomic E-state index is -4.24. The van der Waals surface area contributed by atoms with E-state index in [-0.39, 0.29) is 0 Å². The van der Waals surface area contributed by atoms with Crippen LogP contribution in [0.15, 0.2) is 0 Å². The highest BCUT2D eigenvalue weighted by molar-refractivity contribution is 7.86. The number of hydrogen-bond acceptors (Lipinski definition) is 4. The topological polar surface area (TPSA) is 86.6 Å². The molecule has 0 spiro atoms. The fourth-order valence-corrected chi connectivity index (χ4v) is 3.21. The Labute approximate surface area is 130 Å². The molecule has 2 atom stereocenters. The molecular weight excluding hydrogens is 290 g/mol. The SMILES string of the molecule is CCCCCCCCCCCCNC(C(C)O)S(=O)(=O)O. The zero-order chi connectivity index (χ0) is 16.1. The van der Waals surface area contributed by atoms with Gasteiger partial charge in [-0.15, -0.1) is 0 Å². The second-order valence-corrected chi connectivity index (χ2v) is 7.35. The van der Waals surface area contributed by atoms with Crippen LogP contribution in [0.25, 0.3) is 0 Å². The molecular formula is C15H33NO4S. The summed E-state index contributed by atoms with van der Waals surface area (Å²) in [6.45, 7) is 4.06. The van der Waals surface area contributed by atoms with E-state index >= 15 is 0 Å². The Hall–Kier alpha value is -0.170. The van der Waals surface area contributed by atoms with Crippen LogP contribution >= 0.6 is 0 Å². The van der Waals surface area contributed by atoms with E-state index in [0.29, 0.717) is 6.54 Å². The summed E-state index contributed by atoms with van der Waals surface area (Å²) < 4.78 is 31.0. The van der Waals surface area contributed by atoms with E-state index in [4.69, 9.17) is 4.55 Å². The van der Waals surface area contributed by atoms with Crippen LogP contribution in [0.1, 0.15) is 78.1 Å². The Bertz CT molecular complexity index is 331. The van der Waals surface area contributed by atoms with Crippen molar-refractivity contribution in [3.05, 3.63) is 0 Å². The summed E-state index contributed by atoms with van der Waals surface area (Å²) in [5, 5.41) is 10.7. The van der Waals surface area contributed by atoms with Gasteiger partial charge in [-0.1, -0.05) is 64.7 Å². The molecule has 0 aliphatic carbocycles. The maximum atomic E-state index is 11.0. The molecule has 128 valence electrons. The van der Waals surface area contributed by atoms with Gasteiger partial charge in [0.05, 0.1) is 6.10 Å². The van der Waals surface area contributed by atoms with Crippen LogP contribution in [-0.4, -0.2) is 36.1 Å². The van der Waals surface area contributed by atoms with Crippen molar-refractivity contribution in [2.75, 3.05) is 6.54 Å². The minimum Gasteiger partial charge on any atom is -0.391 e. The number of nitrogens with one attached hydrogen (secondary N) is 1. The number of hydrogen-bond donors (Lipinski definition) is 3. The molecule has 0 rings (SSSR count). The first-order valence-electron chi connectivity index (χ1n) is 8.27. The van der Waals surface area contributed by atoms with Crippen molar-refractivity contribution >= 4 is 10.1 Å². The Balaban J connectivity index is 3.47. The molecule has 2 unspecified atom stereocenters. The van der Waals surface area contributed by atoms with Gasteiger partial charge in [-0.3, -0.25) is 9.87 Å². The summed E-state index contributed by atoms with van der Waals surface area (Å²) >= 11 is 0. The summed E-state index contributed by atoms with van der Waals surface area (Å²) in [6.07, 6.45) is 11.0. The number of rotatable bonds is 14. The van der Waals surface area contributed by atoms with Crippen LogP contribution in [0.5, 0.6) is 0 Å². The van der Waals surface area contributed by atoms with Gasteiger partial charge in [0.15, 0.2) is 5.37 Å². The molecule has 0 radical (unpaired) electrons. The van der Waals surface area contributed by atoms with Crippen molar-refractivity contribution in [1.29, 1.82) is 0 Å². The highest BCUT2D eigenvalue weighted by Gasteiger charge is 2.26. The van der Waals surface area contributed by atoms with Crippen LogP contribution < -0.4 is 5.32 Å². The molecule has 0 aromatic carbocycles. The summed E-state index contributed by atoms with van der Waals surface area (Å²) in [5.74, 6) is 0. The highest BCUT2D eigenvalue weighted by Crippen LogP contribution is 2.10. The molecule has 0 aromatic heterocycles. The lowest BCUT2D eigenvalue weighted by Gasteiger charge is -2.18. The number of aliphatic hydroxyl groups excluding tert-OH is 1. The van der Waals surface area contributed by atoms with Crippen molar-refractivity contribution in [1.82, 2.24) is 5.32 Å². The predicted molar refractivity (Wildman–Crippen MR) is 86.9 cm³/mol. The first-order valence-corrected chi connectivity index (χ1v) is 9.77. The largest absolute Gasteiger partial charge is 0.391 e. The Morgan fingerprint density at radius 3 is 1.71 bits per heavy atom. The van der Waals surface area contributed by atoms with Crippen molar-refractivity contribution in [2.24, 2.45) is 0 Å². The van der Waals surface area contributed by atoms with Crippen molar-refractivity contribution in [3.63, 3.8) is 0 Å². The van der Waals surface area contributed by atoms with Crippen LogP contribution in [0.4, 0.5) is 0 Å². The van der Waals surface area contributed by atoms with Gasteiger partial charge < -0.3 is 5.11 Å². The second-order valence-electron chi connectivity index (χ2n) is 5.81. The molecule has 0 bridgehead atoms. The standard InChI is InChI=1S/C15H33NO4S/c1-3-4-5-6-7-8-9-10-11-12-13-16-15(14(2)17)21(18,19)20/h14-17H,3-13H2,1-2H3,(H,18,19,20). The Kier molecular flexibility index (Phi) is 12.3. The molecule has 0 saturated carbocycles. The molecule has 0 fully saturated rings. The van der Waals surface area contributed by atoms with Crippen molar-refractivity contribution < 1.29 is 18.1 Å². The Morgan fingerprint density at radius 1 is 0.905 bits per heavy atom. The second kappa shape index (κ2) is 12.4. The van der Waals surface area contributed by atoms with Gasteiger partial charge >= 0.3 is 0 Å². The van der Waals surface area contributed by atoms with Crippen LogP contribution in [0, 0.1) is 0 Å². The van der Waals surface area contributed by atoms with E-state index in [1.165, 1.54) is 51.9 Å². The molecule has 3 N–H and O–H groups in total. The van der Waals surface area contributed by atoms with E-state index in [1.54, 1.807) is 0 Å². The quantitative estimate of drug-likeness (QED) is 0.338. The first kappa shape index (κ1) is 20.8. The molecule has 0 aliphatic rings. The lowest BCUT2D eigenvalue weighted by Crippen LogP contribution is -2.44. The van der Waals surface area contributed by atoms with Gasteiger partial charge in [0.25, 0.3) is 10.1 Å². The zero-order valence-corrected chi connectivity index (χ0v) is 14.4. The molecule has 6 heteroatoms. The molecule has 21 heavy (non-hydrogen) atoms. The molecule has 5 nitrogen and oxygen atoms in total. The van der Waals surface area contributed by atoms with Gasteiger partial charge in [-0.2, -0.15) is 8.42 Å². The molecule has 0 heterocycles. The maximum Gasteiger partial charge on any atom is 0.283 e. The summed E-state index contributed by atoms with van der Waals surface area (Å²) in [7, 11) is -4.24. The first-order chi connectivity index (χ1) is 9.89. The van der Waals surface area contributed by atoms with E-state index in [9.17, 15) is 13.5 Å². The summed E-state index contributed by atoms with van der Waals surface area (Å²) in [4.78, 5) is 0. The summed E-state index contributed by atoms with van der Waals surface area (Å²) in [5.41, 5.74) is 0. The van der Waals surface area contributed by atoms with Crippen molar-refractivity contribution in [3.8, 4) is 0 Å². The van der Waals surface area contributed by atoms with E-state index in [2.05, 4.69) is 12.2 Å². The third-order valence-corrected chi connectivity index (χ3v) is 4.84. The highest BCUT2D eigenvalue weighted by atomic mass is 32.2. The van der Waals surface area contributed by atoms with E-state index in [0.717, 1.165) is 19.3 Å². The van der Waals surface area contributed by atoms with E-state index < -0.39 is 21.6 Å². The van der Waals surface area contributed by atoms with Gasteiger partial charge in [0.2, 0.25) is 0 Å². The zero-order valence-electron chi connectivity index (χ0n) is 13.6. The minimum absolute atomic E-state index is 0.492. The van der Waals surface area contributed by atoms with Gasteiger partial charge in [0, 0.05) is 0 Å². The smallest absolute Gasteiger partial charge is 0.283 e. The molecule has 0 aliphatic heterocycles. The molecule has 0 amide bonds. The number of aliphatic hydroxyl groups is 1. The van der Waals surface area contributed by atoms with Crippen LogP contribution in [0.3, 0.4) is 0 Å². The Morgan fingerprint density at radius 2 is 1.33 bits per heavy atom. The molecule has 0 saturated heterocycles. The lowest BCUT2D eigenvalue weighted by atomic mass is 10.1. The number of unbranched alkanes of at least 4 members (excludes halogenated alkanes) is 9. The van der Waals surface area contributed by atoms with Crippen molar-refractivity contribution in [2.45, 2.75) is 89.5 Å².